The van der Waals surface area contributed by atoms with Gasteiger partial charge in [-0.25, -0.2) is 13.2 Å². The minimum atomic E-state index is -4.48. The standard InChI is InChI=1S/C17H16Cl2N2O6S/c1-2-27-16(22)17(18,19)15(12-8-4-3-5-9-12)20-28(25,26)14-11-7-6-10-13(14)21(23)24/h3-11,15,20H,2H2,1H3. The minimum Gasteiger partial charge on any atom is -0.464 e. The van der Waals surface area contributed by atoms with E-state index >= 15 is 0 Å². The van der Waals surface area contributed by atoms with Crippen LogP contribution < -0.4 is 4.72 Å². The van der Waals surface area contributed by atoms with Gasteiger partial charge >= 0.3 is 5.97 Å². The Balaban J connectivity index is 2.54. The Morgan fingerprint density at radius 1 is 1.18 bits per heavy atom. The molecule has 0 saturated heterocycles. The number of carbonyl (C=O) groups excluding carboxylic acids is 1. The second-order valence-corrected chi connectivity index (χ2v) is 8.60. The highest BCUT2D eigenvalue weighted by Crippen LogP contribution is 2.39. The van der Waals surface area contributed by atoms with Gasteiger partial charge < -0.3 is 4.74 Å². The van der Waals surface area contributed by atoms with Gasteiger partial charge in [0.2, 0.25) is 14.4 Å². The number of para-hydroxylation sites is 1. The molecule has 0 fully saturated rings. The quantitative estimate of drug-likeness (QED) is 0.287. The molecule has 28 heavy (non-hydrogen) atoms. The summed E-state index contributed by atoms with van der Waals surface area (Å²) in [5.41, 5.74) is -0.365. The molecule has 1 N–H and O–H groups in total. The molecule has 1 atom stereocenters. The molecule has 0 radical (unpaired) electrons. The number of halogens is 2. The number of nitro benzene ring substituents is 1. The van der Waals surface area contributed by atoms with Crippen LogP contribution in [0.15, 0.2) is 59.5 Å². The van der Waals surface area contributed by atoms with E-state index in [4.69, 9.17) is 27.9 Å². The largest absolute Gasteiger partial charge is 0.464 e. The summed E-state index contributed by atoms with van der Waals surface area (Å²) >= 11 is 12.4. The highest BCUT2D eigenvalue weighted by molar-refractivity contribution is 7.89. The Morgan fingerprint density at radius 3 is 2.32 bits per heavy atom. The number of benzene rings is 2. The number of hydrogen-bond acceptors (Lipinski definition) is 6. The van der Waals surface area contributed by atoms with Crippen LogP contribution in [0.25, 0.3) is 0 Å². The van der Waals surface area contributed by atoms with Crippen LogP contribution in [0, 0.1) is 10.1 Å². The van der Waals surface area contributed by atoms with Crippen molar-refractivity contribution in [3.05, 3.63) is 70.3 Å². The molecule has 2 aromatic rings. The van der Waals surface area contributed by atoms with E-state index in [0.29, 0.717) is 0 Å². The molecule has 0 amide bonds. The maximum absolute atomic E-state index is 12.9. The van der Waals surface area contributed by atoms with Crippen LogP contribution in [0.5, 0.6) is 0 Å². The summed E-state index contributed by atoms with van der Waals surface area (Å²) in [6.07, 6.45) is 0. The molecule has 2 rings (SSSR count). The van der Waals surface area contributed by atoms with Crippen molar-refractivity contribution in [2.45, 2.75) is 22.2 Å². The van der Waals surface area contributed by atoms with Crippen molar-refractivity contribution in [2.24, 2.45) is 0 Å². The van der Waals surface area contributed by atoms with E-state index in [1.165, 1.54) is 31.2 Å². The van der Waals surface area contributed by atoms with Gasteiger partial charge in [0.15, 0.2) is 4.90 Å². The molecule has 0 bridgehead atoms. The zero-order valence-corrected chi connectivity index (χ0v) is 16.9. The normalized spacial score (nSPS) is 13.0. The number of ether oxygens (including phenoxy) is 1. The number of nitrogens with zero attached hydrogens (tertiary/aromatic N) is 1. The number of rotatable bonds is 8. The summed E-state index contributed by atoms with van der Waals surface area (Å²) < 4.78 is 30.5. The topological polar surface area (TPSA) is 116 Å². The molecule has 1 unspecified atom stereocenters. The molecule has 0 spiro atoms. The lowest BCUT2D eigenvalue weighted by molar-refractivity contribution is -0.387. The van der Waals surface area contributed by atoms with Gasteiger partial charge in [-0.2, -0.15) is 4.72 Å². The molecule has 0 aliphatic carbocycles. The molecule has 0 aliphatic heterocycles. The predicted octanol–water partition coefficient (Wildman–Crippen LogP) is 3.35. The highest BCUT2D eigenvalue weighted by Gasteiger charge is 2.47. The summed E-state index contributed by atoms with van der Waals surface area (Å²) in [6.45, 7) is 1.51. The van der Waals surface area contributed by atoms with Gasteiger partial charge in [-0.05, 0) is 18.6 Å². The zero-order valence-electron chi connectivity index (χ0n) is 14.5. The minimum absolute atomic E-state index is 0.0293. The van der Waals surface area contributed by atoms with Gasteiger partial charge in [0.25, 0.3) is 5.69 Å². The molecule has 0 saturated carbocycles. The lowest BCUT2D eigenvalue weighted by Gasteiger charge is -2.28. The third kappa shape index (κ3) is 4.79. The number of carbonyl (C=O) groups is 1. The van der Waals surface area contributed by atoms with Crippen LogP contribution in [0.2, 0.25) is 0 Å². The first kappa shape index (κ1) is 22.1. The first-order valence-corrected chi connectivity index (χ1v) is 10.2. The van der Waals surface area contributed by atoms with E-state index in [1.54, 1.807) is 18.2 Å². The van der Waals surface area contributed by atoms with Crippen molar-refractivity contribution in [1.29, 1.82) is 0 Å². The van der Waals surface area contributed by atoms with Crippen LogP contribution in [-0.2, 0) is 19.6 Å². The predicted molar refractivity (Wildman–Crippen MR) is 104 cm³/mol. The first-order valence-electron chi connectivity index (χ1n) is 7.97. The summed E-state index contributed by atoms with van der Waals surface area (Å²) in [7, 11) is -4.48. The van der Waals surface area contributed by atoms with Crippen molar-refractivity contribution in [3.63, 3.8) is 0 Å². The van der Waals surface area contributed by atoms with Crippen LogP contribution in [0.4, 0.5) is 5.69 Å². The Bertz CT molecular complexity index is 967. The lowest BCUT2D eigenvalue weighted by Crippen LogP contribution is -2.45. The highest BCUT2D eigenvalue weighted by atomic mass is 35.5. The van der Waals surface area contributed by atoms with E-state index in [0.717, 1.165) is 12.1 Å². The Hall–Kier alpha value is -2.20. The molecule has 0 aliphatic rings. The molecular weight excluding hydrogens is 431 g/mol. The number of sulfonamides is 1. The monoisotopic (exact) mass is 446 g/mol. The smallest absolute Gasteiger partial charge is 0.344 e. The summed E-state index contributed by atoms with van der Waals surface area (Å²) in [5.74, 6) is -1.06. The van der Waals surface area contributed by atoms with Crippen molar-refractivity contribution >= 4 is 44.9 Å². The molecule has 11 heteroatoms. The second-order valence-electron chi connectivity index (χ2n) is 5.53. The Kier molecular flexibility index (Phi) is 7.00. The van der Waals surface area contributed by atoms with Gasteiger partial charge in [0, 0.05) is 6.07 Å². The van der Waals surface area contributed by atoms with Crippen molar-refractivity contribution in [1.82, 2.24) is 4.72 Å². The fraction of sp³-hybridized carbons (Fsp3) is 0.235. The van der Waals surface area contributed by atoms with Gasteiger partial charge in [0.05, 0.1) is 17.6 Å². The Labute approximate surface area is 171 Å². The zero-order chi connectivity index (χ0) is 20.9. The fourth-order valence-electron chi connectivity index (χ4n) is 2.40. The van der Waals surface area contributed by atoms with Crippen LogP contribution in [-0.4, -0.2) is 30.3 Å². The lowest BCUT2D eigenvalue weighted by atomic mass is 10.0. The van der Waals surface area contributed by atoms with E-state index in [2.05, 4.69) is 4.72 Å². The maximum Gasteiger partial charge on any atom is 0.344 e. The third-order valence-electron chi connectivity index (χ3n) is 3.67. The SMILES string of the molecule is CCOC(=O)C(Cl)(Cl)C(NS(=O)(=O)c1ccccc1[N+](=O)[O-])c1ccccc1. The summed E-state index contributed by atoms with van der Waals surface area (Å²) in [6, 6.07) is 11.2. The van der Waals surface area contributed by atoms with E-state index in [-0.39, 0.29) is 12.2 Å². The second kappa shape index (κ2) is 8.87. The summed E-state index contributed by atoms with van der Waals surface area (Å²) in [5, 5.41) is 11.2. The number of nitro groups is 1. The van der Waals surface area contributed by atoms with Crippen molar-refractivity contribution in [2.75, 3.05) is 6.61 Å². The Morgan fingerprint density at radius 2 is 1.75 bits per heavy atom. The maximum atomic E-state index is 12.9. The number of nitrogens with one attached hydrogen (secondary N) is 1. The fourth-order valence-corrected chi connectivity index (χ4v) is 4.42. The van der Waals surface area contributed by atoms with Gasteiger partial charge in [0.1, 0.15) is 0 Å². The van der Waals surface area contributed by atoms with E-state index < -0.39 is 41.9 Å². The molecule has 2 aromatic carbocycles. The van der Waals surface area contributed by atoms with Crippen LogP contribution >= 0.6 is 23.2 Å². The first-order chi connectivity index (χ1) is 13.1. The molecule has 8 nitrogen and oxygen atoms in total. The third-order valence-corrected chi connectivity index (χ3v) is 5.88. The summed E-state index contributed by atoms with van der Waals surface area (Å²) in [4.78, 5) is 22.0. The van der Waals surface area contributed by atoms with Crippen molar-refractivity contribution in [3.8, 4) is 0 Å². The van der Waals surface area contributed by atoms with Crippen LogP contribution in [0.3, 0.4) is 0 Å². The molecule has 0 aromatic heterocycles. The average Bonchev–Trinajstić information content (AvgIpc) is 2.67. The van der Waals surface area contributed by atoms with E-state index in [9.17, 15) is 23.3 Å². The van der Waals surface area contributed by atoms with Crippen molar-refractivity contribution < 1.29 is 22.9 Å². The average molecular weight is 447 g/mol. The number of hydrogen-bond donors (Lipinski definition) is 1. The molecule has 0 heterocycles. The van der Waals surface area contributed by atoms with E-state index in [1.807, 2.05) is 0 Å². The van der Waals surface area contributed by atoms with Gasteiger partial charge in [-0.1, -0.05) is 65.7 Å². The van der Waals surface area contributed by atoms with Gasteiger partial charge in [-0.3, -0.25) is 10.1 Å². The number of esters is 1. The van der Waals surface area contributed by atoms with Gasteiger partial charge in [-0.15, -0.1) is 0 Å². The number of alkyl halides is 2. The molecular formula is C17H16Cl2N2O6S. The van der Waals surface area contributed by atoms with Crippen LogP contribution in [0.1, 0.15) is 18.5 Å². The molecule has 150 valence electrons.